The van der Waals surface area contributed by atoms with Gasteiger partial charge in [-0.2, -0.15) is 0 Å². The number of aromatic nitrogens is 3. The van der Waals surface area contributed by atoms with Gasteiger partial charge in [0.2, 0.25) is 5.91 Å². The van der Waals surface area contributed by atoms with Crippen LogP contribution in [0.3, 0.4) is 0 Å². The zero-order chi connectivity index (χ0) is 17.6. The van der Waals surface area contributed by atoms with Gasteiger partial charge in [0.25, 0.3) is 0 Å². The Labute approximate surface area is 151 Å². The summed E-state index contributed by atoms with van der Waals surface area (Å²) in [5.74, 6) is 2.67. The number of amides is 1. The molecule has 0 radical (unpaired) electrons. The third-order valence-corrected chi connectivity index (χ3v) is 4.78. The molecule has 1 aliphatic carbocycles. The molecular weight excluding hydrogens is 340 g/mol. The highest BCUT2D eigenvalue weighted by molar-refractivity contribution is 7.99. The maximum Gasteiger partial charge on any atom is 0.230 e. The molecule has 2 aromatic rings. The van der Waals surface area contributed by atoms with E-state index in [-0.39, 0.29) is 5.91 Å². The van der Waals surface area contributed by atoms with Crippen LogP contribution in [-0.4, -0.2) is 39.6 Å². The Morgan fingerprint density at radius 3 is 2.64 bits per heavy atom. The minimum absolute atomic E-state index is 0.0502. The fraction of sp³-hybridized carbons (Fsp3) is 0.471. The van der Waals surface area contributed by atoms with E-state index in [9.17, 15) is 4.79 Å². The predicted molar refractivity (Wildman–Crippen MR) is 94.9 cm³/mol. The Kier molecular flexibility index (Phi) is 5.80. The fourth-order valence-electron chi connectivity index (χ4n) is 2.30. The third kappa shape index (κ3) is 4.88. The zero-order valence-corrected chi connectivity index (χ0v) is 15.2. The van der Waals surface area contributed by atoms with Gasteiger partial charge < -0.3 is 19.4 Å². The molecule has 0 atom stereocenters. The summed E-state index contributed by atoms with van der Waals surface area (Å²) in [6.45, 7) is 3.07. The van der Waals surface area contributed by atoms with Gasteiger partial charge in [-0.25, -0.2) is 0 Å². The van der Waals surface area contributed by atoms with Gasteiger partial charge in [0.05, 0.1) is 12.9 Å². The highest BCUT2D eigenvalue weighted by Gasteiger charge is 2.23. The van der Waals surface area contributed by atoms with Gasteiger partial charge in [0.15, 0.2) is 11.0 Å². The Bertz CT molecular complexity index is 713. The molecule has 0 spiro atoms. The number of nitrogens with one attached hydrogen (secondary N) is 1. The van der Waals surface area contributed by atoms with Crippen molar-refractivity contribution in [3.05, 3.63) is 30.1 Å². The molecule has 0 bridgehead atoms. The molecule has 1 fully saturated rings. The van der Waals surface area contributed by atoms with Crippen LogP contribution >= 0.6 is 11.8 Å². The van der Waals surface area contributed by atoms with Gasteiger partial charge in [-0.05, 0) is 44.0 Å². The molecule has 3 rings (SSSR count). The quantitative estimate of drug-likeness (QED) is 0.690. The minimum atomic E-state index is 0.0502. The zero-order valence-electron chi connectivity index (χ0n) is 14.4. The van der Waals surface area contributed by atoms with Crippen LogP contribution in [0.25, 0.3) is 0 Å². The molecule has 1 aromatic heterocycles. The lowest BCUT2D eigenvalue weighted by Gasteiger charge is -2.09. The Morgan fingerprint density at radius 2 is 2.00 bits per heavy atom. The van der Waals surface area contributed by atoms with Crippen molar-refractivity contribution in [3.63, 3.8) is 0 Å². The smallest absolute Gasteiger partial charge is 0.230 e. The topological polar surface area (TPSA) is 78.3 Å². The molecule has 1 heterocycles. The lowest BCUT2D eigenvalue weighted by molar-refractivity contribution is -0.118. The second-order valence-corrected chi connectivity index (χ2v) is 6.68. The van der Waals surface area contributed by atoms with Crippen molar-refractivity contribution >= 4 is 17.7 Å². The summed E-state index contributed by atoms with van der Waals surface area (Å²) in [5, 5.41) is 12.1. The number of hydrogen-bond donors (Lipinski definition) is 1. The second-order valence-electron chi connectivity index (χ2n) is 5.74. The van der Waals surface area contributed by atoms with Crippen molar-refractivity contribution in [2.45, 2.75) is 44.1 Å². The molecule has 25 heavy (non-hydrogen) atoms. The minimum Gasteiger partial charge on any atom is -0.497 e. The number of nitrogens with zero attached hydrogens (tertiary/aromatic N) is 3. The molecular formula is C17H22N4O3S. The van der Waals surface area contributed by atoms with Crippen LogP contribution in [-0.2, 0) is 17.9 Å². The van der Waals surface area contributed by atoms with Gasteiger partial charge in [-0.15, -0.1) is 10.2 Å². The normalized spacial score (nSPS) is 13.5. The van der Waals surface area contributed by atoms with E-state index in [1.807, 2.05) is 35.8 Å². The number of rotatable bonds is 9. The maximum atomic E-state index is 11.8. The van der Waals surface area contributed by atoms with Crippen molar-refractivity contribution in [2.24, 2.45) is 0 Å². The Balaban J connectivity index is 1.55. The van der Waals surface area contributed by atoms with Crippen molar-refractivity contribution in [3.8, 4) is 11.5 Å². The SMILES string of the molecule is CCn1c(COc2ccc(OC)cc2)nnc1SCC(=O)NC1CC1. The van der Waals surface area contributed by atoms with Crippen LogP contribution in [0.4, 0.5) is 0 Å². The lowest BCUT2D eigenvalue weighted by Crippen LogP contribution is -2.27. The van der Waals surface area contributed by atoms with E-state index >= 15 is 0 Å². The molecule has 0 saturated heterocycles. The first-order valence-corrected chi connectivity index (χ1v) is 9.29. The summed E-state index contributed by atoms with van der Waals surface area (Å²) in [7, 11) is 1.63. The Hall–Kier alpha value is -2.22. The largest absolute Gasteiger partial charge is 0.497 e. The average Bonchev–Trinajstić information content (AvgIpc) is 3.36. The summed E-state index contributed by atoms with van der Waals surface area (Å²) in [5.41, 5.74) is 0. The van der Waals surface area contributed by atoms with E-state index in [0.717, 1.165) is 41.9 Å². The first kappa shape index (κ1) is 17.6. The number of hydrogen-bond acceptors (Lipinski definition) is 6. The van der Waals surface area contributed by atoms with Crippen LogP contribution in [0.15, 0.2) is 29.4 Å². The van der Waals surface area contributed by atoms with Crippen molar-refractivity contribution in [1.29, 1.82) is 0 Å². The third-order valence-electron chi connectivity index (χ3n) is 3.81. The van der Waals surface area contributed by atoms with E-state index in [0.29, 0.717) is 18.4 Å². The molecule has 0 unspecified atom stereocenters. The fourth-order valence-corrected chi connectivity index (χ4v) is 3.13. The maximum absolute atomic E-state index is 11.8. The Morgan fingerprint density at radius 1 is 1.28 bits per heavy atom. The summed E-state index contributed by atoms with van der Waals surface area (Å²) in [4.78, 5) is 11.8. The second kappa shape index (κ2) is 8.24. The number of methoxy groups -OCH3 is 1. The monoisotopic (exact) mass is 362 g/mol. The summed E-state index contributed by atoms with van der Waals surface area (Å²) >= 11 is 1.40. The molecule has 1 aliphatic rings. The predicted octanol–water partition coefficient (Wildman–Crippen LogP) is 2.26. The molecule has 1 amide bonds. The van der Waals surface area contributed by atoms with E-state index in [1.165, 1.54) is 11.8 Å². The number of thioether (sulfide) groups is 1. The van der Waals surface area contributed by atoms with Gasteiger partial charge in [0, 0.05) is 12.6 Å². The number of carbonyl (C=O) groups excluding carboxylic acids is 1. The summed E-state index contributed by atoms with van der Waals surface area (Å²) in [6, 6.07) is 7.78. The van der Waals surface area contributed by atoms with Gasteiger partial charge in [-0.1, -0.05) is 11.8 Å². The van der Waals surface area contributed by atoms with Gasteiger partial charge >= 0.3 is 0 Å². The average molecular weight is 362 g/mol. The number of ether oxygens (including phenoxy) is 2. The van der Waals surface area contributed by atoms with Crippen LogP contribution in [0.5, 0.6) is 11.5 Å². The first-order chi connectivity index (χ1) is 12.2. The van der Waals surface area contributed by atoms with Crippen molar-refractivity contribution in [2.75, 3.05) is 12.9 Å². The van der Waals surface area contributed by atoms with E-state index < -0.39 is 0 Å². The van der Waals surface area contributed by atoms with Crippen LogP contribution in [0.1, 0.15) is 25.6 Å². The highest BCUT2D eigenvalue weighted by Crippen LogP contribution is 2.22. The van der Waals surface area contributed by atoms with Crippen LogP contribution in [0, 0.1) is 0 Å². The van der Waals surface area contributed by atoms with Crippen LogP contribution in [0.2, 0.25) is 0 Å². The highest BCUT2D eigenvalue weighted by atomic mass is 32.2. The molecule has 0 aliphatic heterocycles. The number of benzene rings is 1. The lowest BCUT2D eigenvalue weighted by atomic mass is 10.3. The molecule has 134 valence electrons. The molecule has 1 N–H and O–H groups in total. The van der Waals surface area contributed by atoms with E-state index in [2.05, 4.69) is 15.5 Å². The summed E-state index contributed by atoms with van der Waals surface area (Å²) in [6.07, 6.45) is 2.18. The van der Waals surface area contributed by atoms with Crippen LogP contribution < -0.4 is 14.8 Å². The van der Waals surface area contributed by atoms with E-state index in [1.54, 1.807) is 7.11 Å². The molecule has 1 saturated carbocycles. The van der Waals surface area contributed by atoms with Crippen molar-refractivity contribution < 1.29 is 14.3 Å². The van der Waals surface area contributed by atoms with Gasteiger partial charge in [0.1, 0.15) is 18.1 Å². The standard InChI is InChI=1S/C17H22N4O3S/c1-3-21-15(10-24-14-8-6-13(23-2)7-9-14)19-20-17(21)25-11-16(22)18-12-4-5-12/h6-9,12H,3-5,10-11H2,1-2H3,(H,18,22). The van der Waals surface area contributed by atoms with E-state index in [4.69, 9.17) is 9.47 Å². The molecule has 7 nitrogen and oxygen atoms in total. The molecule has 1 aromatic carbocycles. The summed E-state index contributed by atoms with van der Waals surface area (Å²) < 4.78 is 12.9. The first-order valence-electron chi connectivity index (χ1n) is 8.30. The molecule has 8 heteroatoms. The number of carbonyl (C=O) groups is 1. The van der Waals surface area contributed by atoms with Crippen molar-refractivity contribution in [1.82, 2.24) is 20.1 Å². The van der Waals surface area contributed by atoms with Gasteiger partial charge in [-0.3, -0.25) is 4.79 Å².